The maximum absolute atomic E-state index is 5.96. The van der Waals surface area contributed by atoms with Crippen LogP contribution in [-0.4, -0.2) is 26.4 Å². The van der Waals surface area contributed by atoms with Crippen molar-refractivity contribution in [2.45, 2.75) is 43.9 Å². The number of rotatable bonds is 5. The van der Waals surface area contributed by atoms with Crippen LogP contribution in [0.4, 0.5) is 0 Å². The molecule has 4 heteroatoms. The molecule has 1 aromatic heterocycles. The van der Waals surface area contributed by atoms with Crippen LogP contribution in [0.15, 0.2) is 18.2 Å². The van der Waals surface area contributed by atoms with Crippen LogP contribution < -0.4 is 0 Å². The molecule has 0 saturated heterocycles. The molecule has 1 saturated carbocycles. The molecule has 0 aliphatic heterocycles. The number of thioether (sulfide) groups is 1. The number of hydrogen-bond acceptors (Lipinski definition) is 2. The first-order valence-corrected chi connectivity index (χ1v) is 9.00. The molecule has 1 fully saturated rings. The number of aryl methyl sites for hydroxylation is 2. The first-order chi connectivity index (χ1) is 9.67. The molecular weight excluding hydrogens is 288 g/mol. The van der Waals surface area contributed by atoms with Crippen molar-refractivity contribution in [1.82, 2.24) is 9.55 Å². The van der Waals surface area contributed by atoms with E-state index in [1.165, 1.54) is 30.3 Å². The van der Waals surface area contributed by atoms with E-state index in [1.807, 2.05) is 11.8 Å². The van der Waals surface area contributed by atoms with E-state index in [1.54, 1.807) is 0 Å². The van der Waals surface area contributed by atoms with Gasteiger partial charge in [-0.2, -0.15) is 11.8 Å². The predicted octanol–water partition coefficient (Wildman–Crippen LogP) is 4.41. The molecule has 0 bridgehead atoms. The van der Waals surface area contributed by atoms with Gasteiger partial charge in [-0.15, -0.1) is 11.6 Å². The molecule has 1 heterocycles. The Labute approximate surface area is 129 Å². The summed E-state index contributed by atoms with van der Waals surface area (Å²) in [4.78, 5) is 4.79. The first kappa shape index (κ1) is 14.3. The van der Waals surface area contributed by atoms with Crippen LogP contribution in [0.5, 0.6) is 0 Å². The van der Waals surface area contributed by atoms with Crippen molar-refractivity contribution in [2.24, 2.45) is 0 Å². The topological polar surface area (TPSA) is 17.8 Å². The van der Waals surface area contributed by atoms with Gasteiger partial charge in [-0.3, -0.25) is 0 Å². The minimum atomic E-state index is 0.415. The largest absolute Gasteiger partial charge is 0.327 e. The molecule has 20 heavy (non-hydrogen) atoms. The Balaban J connectivity index is 2.05. The van der Waals surface area contributed by atoms with E-state index in [-0.39, 0.29) is 0 Å². The van der Waals surface area contributed by atoms with Crippen LogP contribution in [0.2, 0.25) is 0 Å². The molecule has 3 rings (SSSR count). The summed E-state index contributed by atoms with van der Waals surface area (Å²) < 4.78 is 2.83. The third kappa shape index (κ3) is 2.46. The highest BCUT2D eigenvalue weighted by molar-refractivity contribution is 8.00. The van der Waals surface area contributed by atoms with Gasteiger partial charge in [0, 0.05) is 23.6 Å². The zero-order valence-electron chi connectivity index (χ0n) is 12.2. The number of aromatic nitrogens is 2. The van der Waals surface area contributed by atoms with Gasteiger partial charge >= 0.3 is 0 Å². The van der Waals surface area contributed by atoms with E-state index in [4.69, 9.17) is 16.6 Å². The molecule has 0 radical (unpaired) electrons. The Hall–Kier alpha value is -0.670. The average molecular weight is 309 g/mol. The molecule has 0 N–H and O–H groups in total. The molecule has 0 spiro atoms. The van der Waals surface area contributed by atoms with Gasteiger partial charge < -0.3 is 4.57 Å². The molecule has 2 aromatic rings. The van der Waals surface area contributed by atoms with E-state index >= 15 is 0 Å². The van der Waals surface area contributed by atoms with E-state index in [0.717, 1.165) is 24.3 Å². The second-order valence-corrected chi connectivity index (χ2v) is 7.44. The summed E-state index contributed by atoms with van der Waals surface area (Å²) in [5.41, 5.74) is 3.67. The molecular formula is C16H21ClN2S. The summed E-state index contributed by atoms with van der Waals surface area (Å²) in [5.74, 6) is 1.77. The van der Waals surface area contributed by atoms with Crippen molar-refractivity contribution in [3.8, 4) is 0 Å². The lowest BCUT2D eigenvalue weighted by Crippen LogP contribution is -2.38. The second-order valence-electron chi connectivity index (χ2n) is 5.79. The maximum atomic E-state index is 5.96. The summed E-state index contributed by atoms with van der Waals surface area (Å²) in [6.07, 6.45) is 7.09. The third-order valence-electron chi connectivity index (χ3n) is 4.44. The SMILES string of the molecule is CSC1(Cn2c(CCCl)nc3ccc(C)cc32)CCC1. The zero-order valence-corrected chi connectivity index (χ0v) is 13.7. The zero-order chi connectivity index (χ0) is 14.2. The van der Waals surface area contributed by atoms with Gasteiger partial charge in [0.15, 0.2) is 0 Å². The van der Waals surface area contributed by atoms with Crippen molar-refractivity contribution in [3.05, 3.63) is 29.6 Å². The standard InChI is InChI=1S/C16H21ClN2S/c1-12-4-5-13-14(10-12)19(15(18-13)6-9-17)11-16(20-2)7-3-8-16/h4-5,10H,3,6-9,11H2,1-2H3. The minimum Gasteiger partial charge on any atom is -0.327 e. The minimum absolute atomic E-state index is 0.415. The Morgan fingerprint density at radius 3 is 2.80 bits per heavy atom. The summed E-state index contributed by atoms with van der Waals surface area (Å²) in [6.45, 7) is 3.21. The van der Waals surface area contributed by atoms with Crippen LogP contribution in [0.3, 0.4) is 0 Å². The number of fused-ring (bicyclic) bond motifs is 1. The van der Waals surface area contributed by atoms with Crippen LogP contribution in [0.1, 0.15) is 30.7 Å². The van der Waals surface area contributed by atoms with Crippen LogP contribution in [-0.2, 0) is 13.0 Å². The van der Waals surface area contributed by atoms with Crippen molar-refractivity contribution >= 4 is 34.4 Å². The Morgan fingerprint density at radius 1 is 1.40 bits per heavy atom. The van der Waals surface area contributed by atoms with Crippen molar-refractivity contribution in [3.63, 3.8) is 0 Å². The molecule has 108 valence electrons. The molecule has 1 aromatic carbocycles. The summed E-state index contributed by atoms with van der Waals surface area (Å²) in [7, 11) is 0. The predicted molar refractivity (Wildman–Crippen MR) is 89.0 cm³/mol. The average Bonchev–Trinajstić information content (AvgIpc) is 2.72. The van der Waals surface area contributed by atoms with Crippen molar-refractivity contribution in [2.75, 3.05) is 12.1 Å². The van der Waals surface area contributed by atoms with Gasteiger partial charge in [0.05, 0.1) is 11.0 Å². The molecule has 0 atom stereocenters. The Bertz CT molecular complexity index is 611. The second kappa shape index (κ2) is 5.61. The lowest BCUT2D eigenvalue weighted by atomic mass is 9.84. The van der Waals surface area contributed by atoms with Gasteiger partial charge in [-0.05, 0) is 43.7 Å². The number of halogens is 1. The highest BCUT2D eigenvalue weighted by atomic mass is 35.5. The molecule has 0 amide bonds. The highest BCUT2D eigenvalue weighted by Crippen LogP contribution is 2.44. The Morgan fingerprint density at radius 2 is 2.20 bits per heavy atom. The van der Waals surface area contributed by atoms with E-state index in [0.29, 0.717) is 10.6 Å². The fourth-order valence-corrected chi connectivity index (χ4v) is 4.14. The molecule has 2 nitrogen and oxygen atoms in total. The fraction of sp³-hybridized carbons (Fsp3) is 0.562. The van der Waals surface area contributed by atoms with E-state index < -0.39 is 0 Å². The number of benzene rings is 1. The van der Waals surface area contributed by atoms with Crippen molar-refractivity contribution < 1.29 is 0 Å². The Kier molecular flexibility index (Phi) is 4.00. The normalized spacial score (nSPS) is 17.4. The number of nitrogens with zero attached hydrogens (tertiary/aromatic N) is 2. The van der Waals surface area contributed by atoms with Gasteiger partial charge in [0.25, 0.3) is 0 Å². The summed E-state index contributed by atoms with van der Waals surface area (Å²) >= 11 is 7.98. The lowest BCUT2D eigenvalue weighted by molar-refractivity contribution is 0.322. The molecule has 0 unspecified atom stereocenters. The third-order valence-corrected chi connectivity index (χ3v) is 6.04. The summed E-state index contributed by atoms with van der Waals surface area (Å²) in [6, 6.07) is 6.52. The van der Waals surface area contributed by atoms with Crippen LogP contribution >= 0.6 is 23.4 Å². The van der Waals surface area contributed by atoms with Crippen LogP contribution in [0, 0.1) is 6.92 Å². The number of imidazole rings is 1. The lowest BCUT2D eigenvalue weighted by Gasteiger charge is -2.41. The van der Waals surface area contributed by atoms with Crippen LogP contribution in [0.25, 0.3) is 11.0 Å². The number of alkyl halides is 1. The van der Waals surface area contributed by atoms with E-state index in [2.05, 4.69) is 35.9 Å². The van der Waals surface area contributed by atoms with Crippen molar-refractivity contribution in [1.29, 1.82) is 0 Å². The monoisotopic (exact) mass is 308 g/mol. The summed E-state index contributed by atoms with van der Waals surface area (Å²) in [5, 5.41) is 0. The van der Waals surface area contributed by atoms with E-state index in [9.17, 15) is 0 Å². The first-order valence-electron chi connectivity index (χ1n) is 7.24. The van der Waals surface area contributed by atoms with Gasteiger partial charge in [-0.1, -0.05) is 12.5 Å². The molecule has 1 aliphatic rings. The smallest absolute Gasteiger partial charge is 0.111 e. The maximum Gasteiger partial charge on any atom is 0.111 e. The number of hydrogen-bond donors (Lipinski definition) is 0. The van der Waals surface area contributed by atoms with Gasteiger partial charge in [0.2, 0.25) is 0 Å². The quantitative estimate of drug-likeness (QED) is 0.761. The molecule has 1 aliphatic carbocycles. The fourth-order valence-electron chi connectivity index (χ4n) is 3.02. The highest BCUT2D eigenvalue weighted by Gasteiger charge is 2.37. The van der Waals surface area contributed by atoms with Gasteiger partial charge in [-0.25, -0.2) is 4.98 Å². The van der Waals surface area contributed by atoms with Gasteiger partial charge in [0.1, 0.15) is 5.82 Å².